The van der Waals surface area contributed by atoms with Crippen LogP contribution in [-0.2, 0) is 6.42 Å². The highest BCUT2D eigenvalue weighted by Gasteiger charge is 1.99. The number of halogens is 2. The Kier molecular flexibility index (Phi) is 4.29. The fraction of sp³-hybridized carbons (Fsp3) is 0.143. The van der Waals surface area contributed by atoms with Crippen LogP contribution in [0.5, 0.6) is 0 Å². The topological polar surface area (TPSA) is 12.0 Å². The number of hydrogen-bond donors (Lipinski definition) is 1. The first kappa shape index (κ1) is 12.3. The largest absolute Gasteiger partial charge is 0.385 e. The molecule has 0 aliphatic heterocycles. The van der Waals surface area contributed by atoms with E-state index in [9.17, 15) is 0 Å². The molecule has 0 unspecified atom stereocenters. The van der Waals surface area contributed by atoms with Crippen molar-refractivity contribution >= 4 is 28.9 Å². The monoisotopic (exact) mass is 265 g/mol. The van der Waals surface area contributed by atoms with Crippen molar-refractivity contribution in [2.24, 2.45) is 0 Å². The van der Waals surface area contributed by atoms with Crippen LogP contribution in [0.3, 0.4) is 0 Å². The molecule has 2 aromatic carbocycles. The summed E-state index contributed by atoms with van der Waals surface area (Å²) in [6.45, 7) is 0.877. The summed E-state index contributed by atoms with van der Waals surface area (Å²) in [5.41, 5.74) is 2.32. The Morgan fingerprint density at radius 3 is 2.35 bits per heavy atom. The smallest absolute Gasteiger partial charge is 0.0595 e. The highest BCUT2D eigenvalue weighted by Crippen LogP contribution is 2.22. The molecular weight excluding hydrogens is 253 g/mol. The second kappa shape index (κ2) is 5.95. The minimum atomic E-state index is 0.603. The molecule has 0 fully saturated rings. The second-order valence-electron chi connectivity index (χ2n) is 3.79. The maximum absolute atomic E-state index is 5.96. The molecule has 0 amide bonds. The first-order valence-corrected chi connectivity index (χ1v) is 6.24. The summed E-state index contributed by atoms with van der Waals surface area (Å²) in [5.74, 6) is 0. The van der Waals surface area contributed by atoms with E-state index < -0.39 is 0 Å². The van der Waals surface area contributed by atoms with Gasteiger partial charge in [-0.05, 0) is 36.2 Å². The Labute approximate surface area is 111 Å². The van der Waals surface area contributed by atoms with E-state index in [1.807, 2.05) is 36.4 Å². The highest BCUT2D eigenvalue weighted by molar-refractivity contribution is 6.42. The standard InChI is InChI=1S/C14H13Cl2N/c15-13-7-6-11(10-14(13)16)8-9-17-12-4-2-1-3-5-12/h1-7,10,17H,8-9H2. The van der Waals surface area contributed by atoms with Crippen molar-refractivity contribution in [1.29, 1.82) is 0 Å². The van der Waals surface area contributed by atoms with Crippen molar-refractivity contribution in [3.63, 3.8) is 0 Å². The van der Waals surface area contributed by atoms with Crippen molar-refractivity contribution in [2.75, 3.05) is 11.9 Å². The van der Waals surface area contributed by atoms with Crippen LogP contribution in [0.15, 0.2) is 48.5 Å². The summed E-state index contributed by atoms with van der Waals surface area (Å²) < 4.78 is 0. The summed E-state index contributed by atoms with van der Waals surface area (Å²) in [6, 6.07) is 15.9. The third-order valence-corrected chi connectivity index (χ3v) is 3.24. The number of benzene rings is 2. The molecule has 0 heterocycles. The summed E-state index contributed by atoms with van der Waals surface area (Å²) in [6.07, 6.45) is 0.922. The van der Waals surface area contributed by atoms with Gasteiger partial charge in [-0.15, -0.1) is 0 Å². The van der Waals surface area contributed by atoms with Crippen molar-refractivity contribution in [3.05, 3.63) is 64.1 Å². The van der Waals surface area contributed by atoms with Crippen LogP contribution in [0.4, 0.5) is 5.69 Å². The minimum Gasteiger partial charge on any atom is -0.385 e. The Morgan fingerprint density at radius 2 is 1.65 bits per heavy atom. The molecule has 1 nitrogen and oxygen atoms in total. The summed E-state index contributed by atoms with van der Waals surface area (Å²) in [5, 5.41) is 4.57. The summed E-state index contributed by atoms with van der Waals surface area (Å²) >= 11 is 11.8. The van der Waals surface area contributed by atoms with E-state index in [0.717, 1.165) is 18.7 Å². The van der Waals surface area contributed by atoms with E-state index in [2.05, 4.69) is 17.4 Å². The third-order valence-electron chi connectivity index (χ3n) is 2.50. The average Bonchev–Trinajstić information content (AvgIpc) is 2.35. The number of anilines is 1. The van der Waals surface area contributed by atoms with Crippen LogP contribution >= 0.6 is 23.2 Å². The third kappa shape index (κ3) is 3.65. The lowest BCUT2D eigenvalue weighted by atomic mass is 10.1. The first-order chi connectivity index (χ1) is 8.25. The van der Waals surface area contributed by atoms with Gasteiger partial charge < -0.3 is 5.32 Å². The number of rotatable bonds is 4. The average molecular weight is 266 g/mol. The Morgan fingerprint density at radius 1 is 0.882 bits per heavy atom. The second-order valence-corrected chi connectivity index (χ2v) is 4.61. The van der Waals surface area contributed by atoms with E-state index >= 15 is 0 Å². The molecular formula is C14H13Cl2N. The predicted octanol–water partition coefficient (Wildman–Crippen LogP) is 4.65. The fourth-order valence-electron chi connectivity index (χ4n) is 1.60. The molecule has 88 valence electrons. The van der Waals surface area contributed by atoms with E-state index in [0.29, 0.717) is 10.0 Å². The van der Waals surface area contributed by atoms with Gasteiger partial charge in [0.05, 0.1) is 10.0 Å². The molecule has 0 atom stereocenters. The minimum absolute atomic E-state index is 0.603. The molecule has 0 saturated heterocycles. The van der Waals surface area contributed by atoms with Gasteiger partial charge in [0, 0.05) is 12.2 Å². The van der Waals surface area contributed by atoms with Crippen molar-refractivity contribution in [2.45, 2.75) is 6.42 Å². The zero-order valence-corrected chi connectivity index (χ0v) is 10.8. The van der Waals surface area contributed by atoms with Gasteiger partial charge in [0.25, 0.3) is 0 Å². The zero-order chi connectivity index (χ0) is 12.1. The van der Waals surface area contributed by atoms with Gasteiger partial charge in [-0.25, -0.2) is 0 Å². The molecule has 17 heavy (non-hydrogen) atoms. The molecule has 2 rings (SSSR count). The van der Waals surface area contributed by atoms with Crippen LogP contribution in [0, 0.1) is 0 Å². The quantitative estimate of drug-likeness (QED) is 0.849. The molecule has 0 bridgehead atoms. The van der Waals surface area contributed by atoms with E-state index in [1.54, 1.807) is 0 Å². The molecule has 0 radical (unpaired) electrons. The molecule has 0 spiro atoms. The Hall–Kier alpha value is -1.18. The number of nitrogens with one attached hydrogen (secondary N) is 1. The number of hydrogen-bond acceptors (Lipinski definition) is 1. The van der Waals surface area contributed by atoms with Crippen LogP contribution in [0.25, 0.3) is 0 Å². The van der Waals surface area contributed by atoms with Gasteiger partial charge in [-0.2, -0.15) is 0 Å². The maximum atomic E-state index is 5.96. The summed E-state index contributed by atoms with van der Waals surface area (Å²) in [4.78, 5) is 0. The molecule has 0 aliphatic carbocycles. The lowest BCUT2D eigenvalue weighted by Crippen LogP contribution is -2.04. The van der Waals surface area contributed by atoms with Crippen LogP contribution in [0.1, 0.15) is 5.56 Å². The Balaban J connectivity index is 1.88. The van der Waals surface area contributed by atoms with Gasteiger partial charge >= 0.3 is 0 Å². The number of para-hydroxylation sites is 1. The fourth-order valence-corrected chi connectivity index (χ4v) is 1.92. The van der Waals surface area contributed by atoms with Gasteiger partial charge in [0.1, 0.15) is 0 Å². The molecule has 3 heteroatoms. The van der Waals surface area contributed by atoms with E-state index in [4.69, 9.17) is 23.2 Å². The van der Waals surface area contributed by atoms with Crippen LogP contribution in [-0.4, -0.2) is 6.54 Å². The van der Waals surface area contributed by atoms with E-state index in [-0.39, 0.29) is 0 Å². The first-order valence-electron chi connectivity index (χ1n) is 5.48. The van der Waals surface area contributed by atoms with Gasteiger partial charge in [-0.3, -0.25) is 0 Å². The maximum Gasteiger partial charge on any atom is 0.0595 e. The Bertz CT molecular complexity index is 483. The molecule has 2 aromatic rings. The molecule has 0 aromatic heterocycles. The van der Waals surface area contributed by atoms with Crippen molar-refractivity contribution in [3.8, 4) is 0 Å². The lowest BCUT2D eigenvalue weighted by molar-refractivity contribution is 1.02. The zero-order valence-electron chi connectivity index (χ0n) is 9.29. The lowest BCUT2D eigenvalue weighted by Gasteiger charge is -2.06. The van der Waals surface area contributed by atoms with E-state index in [1.165, 1.54) is 5.56 Å². The highest BCUT2D eigenvalue weighted by atomic mass is 35.5. The predicted molar refractivity (Wildman–Crippen MR) is 75.1 cm³/mol. The van der Waals surface area contributed by atoms with Gasteiger partial charge in [0.2, 0.25) is 0 Å². The van der Waals surface area contributed by atoms with Crippen molar-refractivity contribution in [1.82, 2.24) is 0 Å². The van der Waals surface area contributed by atoms with Gasteiger partial charge in [0.15, 0.2) is 0 Å². The molecule has 0 saturated carbocycles. The SMILES string of the molecule is Clc1ccc(CCNc2ccccc2)cc1Cl. The summed E-state index contributed by atoms with van der Waals surface area (Å²) in [7, 11) is 0. The van der Waals surface area contributed by atoms with Crippen LogP contribution < -0.4 is 5.32 Å². The van der Waals surface area contributed by atoms with Crippen molar-refractivity contribution < 1.29 is 0 Å². The molecule has 1 N–H and O–H groups in total. The normalized spacial score (nSPS) is 10.2. The molecule has 0 aliphatic rings. The van der Waals surface area contributed by atoms with Gasteiger partial charge in [-0.1, -0.05) is 47.5 Å². The van der Waals surface area contributed by atoms with Crippen LogP contribution in [0.2, 0.25) is 10.0 Å².